The van der Waals surface area contributed by atoms with Gasteiger partial charge in [-0.05, 0) is 24.7 Å². The molecule has 0 spiro atoms. The smallest absolute Gasteiger partial charge is 0.0546 e. The Labute approximate surface area is 119 Å². The van der Waals surface area contributed by atoms with E-state index in [9.17, 15) is 0 Å². The van der Waals surface area contributed by atoms with Gasteiger partial charge in [-0.15, -0.1) is 0 Å². The fourth-order valence-electron chi connectivity index (χ4n) is 3.50. The molecular weight excluding hydrogens is 236 g/mol. The Bertz CT molecular complexity index is 264. The summed E-state index contributed by atoms with van der Waals surface area (Å²) in [7, 11) is 0. The van der Waals surface area contributed by atoms with Gasteiger partial charge in [-0.3, -0.25) is 0 Å². The average Bonchev–Trinajstić information content (AvgIpc) is 2.67. The van der Waals surface area contributed by atoms with Crippen LogP contribution in [0, 0.1) is 17.3 Å². The number of hydrogen-bond donors (Lipinski definition) is 1. The Morgan fingerprint density at radius 2 is 1.95 bits per heavy atom. The highest BCUT2D eigenvalue weighted by Gasteiger charge is 2.37. The molecule has 0 aliphatic carbocycles. The molecule has 0 aromatic rings. The predicted molar refractivity (Wildman–Crippen MR) is 80.4 cm³/mol. The second-order valence-electron chi connectivity index (χ2n) is 7.34. The van der Waals surface area contributed by atoms with E-state index in [1.54, 1.807) is 0 Å². The number of rotatable bonds is 5. The van der Waals surface area contributed by atoms with Gasteiger partial charge in [0, 0.05) is 44.2 Å². The van der Waals surface area contributed by atoms with Crippen molar-refractivity contribution in [1.29, 1.82) is 0 Å². The highest BCUT2D eigenvalue weighted by molar-refractivity contribution is 4.90. The lowest BCUT2D eigenvalue weighted by atomic mass is 9.81. The van der Waals surface area contributed by atoms with Crippen molar-refractivity contribution in [2.24, 2.45) is 17.3 Å². The SMILES string of the molecule is CC(C)NCC1(CN2CC(C)C(C)C2)CCCOC1. The van der Waals surface area contributed by atoms with Gasteiger partial charge >= 0.3 is 0 Å². The molecule has 0 aromatic carbocycles. The van der Waals surface area contributed by atoms with Gasteiger partial charge in [0.1, 0.15) is 0 Å². The number of hydrogen-bond acceptors (Lipinski definition) is 3. The number of nitrogens with one attached hydrogen (secondary N) is 1. The van der Waals surface area contributed by atoms with E-state index in [1.807, 2.05) is 0 Å². The zero-order valence-electron chi connectivity index (χ0n) is 13.2. The molecule has 19 heavy (non-hydrogen) atoms. The monoisotopic (exact) mass is 268 g/mol. The molecule has 2 heterocycles. The first-order valence-electron chi connectivity index (χ1n) is 8.04. The summed E-state index contributed by atoms with van der Waals surface area (Å²) in [6.07, 6.45) is 2.53. The number of nitrogens with zero attached hydrogens (tertiary/aromatic N) is 1. The maximum absolute atomic E-state index is 5.82. The fraction of sp³-hybridized carbons (Fsp3) is 1.00. The molecule has 3 atom stereocenters. The van der Waals surface area contributed by atoms with E-state index in [0.717, 1.165) is 31.6 Å². The Balaban J connectivity index is 1.93. The van der Waals surface area contributed by atoms with E-state index in [-0.39, 0.29) is 0 Å². The summed E-state index contributed by atoms with van der Waals surface area (Å²) in [5.74, 6) is 1.69. The van der Waals surface area contributed by atoms with E-state index in [0.29, 0.717) is 11.5 Å². The summed E-state index contributed by atoms with van der Waals surface area (Å²) in [5, 5.41) is 3.65. The fourth-order valence-corrected chi connectivity index (χ4v) is 3.50. The molecular formula is C16H32N2O. The summed E-state index contributed by atoms with van der Waals surface area (Å²) < 4.78 is 5.82. The predicted octanol–water partition coefficient (Wildman–Crippen LogP) is 2.37. The molecule has 2 saturated heterocycles. The van der Waals surface area contributed by atoms with Crippen molar-refractivity contribution in [3.05, 3.63) is 0 Å². The summed E-state index contributed by atoms with van der Waals surface area (Å²) in [6, 6.07) is 0.565. The van der Waals surface area contributed by atoms with Crippen LogP contribution in [-0.4, -0.2) is 50.3 Å². The van der Waals surface area contributed by atoms with Crippen LogP contribution in [0.25, 0.3) is 0 Å². The van der Waals surface area contributed by atoms with Crippen LogP contribution in [0.1, 0.15) is 40.5 Å². The van der Waals surface area contributed by atoms with E-state index < -0.39 is 0 Å². The lowest BCUT2D eigenvalue weighted by Crippen LogP contribution is -2.49. The van der Waals surface area contributed by atoms with Gasteiger partial charge in [-0.1, -0.05) is 27.7 Å². The molecule has 0 saturated carbocycles. The summed E-state index contributed by atoms with van der Waals surface area (Å²) in [5.41, 5.74) is 0.340. The lowest BCUT2D eigenvalue weighted by molar-refractivity contribution is -0.0245. The maximum atomic E-state index is 5.82. The molecule has 3 nitrogen and oxygen atoms in total. The van der Waals surface area contributed by atoms with Crippen LogP contribution in [0.15, 0.2) is 0 Å². The van der Waals surface area contributed by atoms with Gasteiger partial charge in [-0.2, -0.15) is 0 Å². The summed E-state index contributed by atoms with van der Waals surface area (Å²) in [6.45, 7) is 16.0. The van der Waals surface area contributed by atoms with E-state index in [4.69, 9.17) is 4.74 Å². The standard InChI is InChI=1S/C16H32N2O/c1-13(2)17-10-16(6-5-7-19-12-16)11-18-8-14(3)15(4)9-18/h13-15,17H,5-12H2,1-4H3. The molecule has 0 amide bonds. The molecule has 1 N–H and O–H groups in total. The van der Waals surface area contributed by atoms with Gasteiger partial charge in [-0.25, -0.2) is 0 Å². The Kier molecular flexibility index (Phi) is 5.27. The number of likely N-dealkylation sites (tertiary alicyclic amines) is 1. The molecule has 0 bridgehead atoms. The third kappa shape index (κ3) is 4.17. The largest absolute Gasteiger partial charge is 0.381 e. The van der Waals surface area contributed by atoms with Gasteiger partial charge in [0.05, 0.1) is 6.61 Å². The second kappa shape index (κ2) is 6.55. The first-order chi connectivity index (χ1) is 9.01. The van der Waals surface area contributed by atoms with Gasteiger partial charge in [0.2, 0.25) is 0 Å². The van der Waals surface area contributed by atoms with Crippen molar-refractivity contribution >= 4 is 0 Å². The van der Waals surface area contributed by atoms with Crippen molar-refractivity contribution in [2.75, 3.05) is 39.4 Å². The van der Waals surface area contributed by atoms with Crippen LogP contribution in [0.4, 0.5) is 0 Å². The first-order valence-corrected chi connectivity index (χ1v) is 8.04. The van der Waals surface area contributed by atoms with Crippen LogP contribution in [0.5, 0.6) is 0 Å². The van der Waals surface area contributed by atoms with Gasteiger partial charge in [0.15, 0.2) is 0 Å². The quantitative estimate of drug-likeness (QED) is 0.828. The molecule has 3 unspecified atom stereocenters. The van der Waals surface area contributed by atoms with E-state index in [1.165, 1.54) is 32.5 Å². The van der Waals surface area contributed by atoms with Crippen LogP contribution in [0.3, 0.4) is 0 Å². The third-order valence-corrected chi connectivity index (χ3v) is 4.91. The van der Waals surface area contributed by atoms with Crippen LogP contribution in [-0.2, 0) is 4.74 Å². The third-order valence-electron chi connectivity index (χ3n) is 4.91. The zero-order chi connectivity index (χ0) is 13.9. The summed E-state index contributed by atoms with van der Waals surface area (Å²) in [4.78, 5) is 2.67. The summed E-state index contributed by atoms with van der Waals surface area (Å²) >= 11 is 0. The van der Waals surface area contributed by atoms with Crippen molar-refractivity contribution in [1.82, 2.24) is 10.2 Å². The van der Waals surface area contributed by atoms with Crippen molar-refractivity contribution in [3.8, 4) is 0 Å². The maximum Gasteiger partial charge on any atom is 0.0546 e. The highest BCUT2D eigenvalue weighted by Crippen LogP contribution is 2.32. The zero-order valence-corrected chi connectivity index (χ0v) is 13.2. The van der Waals surface area contributed by atoms with Crippen molar-refractivity contribution in [3.63, 3.8) is 0 Å². The minimum Gasteiger partial charge on any atom is -0.381 e. The Hall–Kier alpha value is -0.120. The average molecular weight is 268 g/mol. The van der Waals surface area contributed by atoms with Crippen LogP contribution < -0.4 is 5.32 Å². The molecule has 2 aliphatic heterocycles. The van der Waals surface area contributed by atoms with Gasteiger partial charge < -0.3 is 15.0 Å². The van der Waals surface area contributed by atoms with Crippen molar-refractivity contribution < 1.29 is 4.74 Å². The minimum absolute atomic E-state index is 0.340. The molecule has 2 fully saturated rings. The molecule has 2 rings (SSSR count). The topological polar surface area (TPSA) is 24.5 Å². The van der Waals surface area contributed by atoms with Crippen LogP contribution >= 0.6 is 0 Å². The molecule has 2 aliphatic rings. The van der Waals surface area contributed by atoms with E-state index >= 15 is 0 Å². The lowest BCUT2D eigenvalue weighted by Gasteiger charge is -2.40. The Morgan fingerprint density at radius 1 is 1.26 bits per heavy atom. The molecule has 112 valence electrons. The van der Waals surface area contributed by atoms with E-state index in [2.05, 4.69) is 37.9 Å². The van der Waals surface area contributed by atoms with Crippen LogP contribution in [0.2, 0.25) is 0 Å². The first kappa shape index (κ1) is 15.3. The Morgan fingerprint density at radius 3 is 2.47 bits per heavy atom. The molecule has 0 radical (unpaired) electrons. The molecule has 3 heteroatoms. The van der Waals surface area contributed by atoms with Crippen molar-refractivity contribution in [2.45, 2.75) is 46.6 Å². The number of ether oxygens (including phenoxy) is 1. The normalized spacial score (nSPS) is 37.1. The van der Waals surface area contributed by atoms with Gasteiger partial charge in [0.25, 0.3) is 0 Å². The highest BCUT2D eigenvalue weighted by atomic mass is 16.5. The second-order valence-corrected chi connectivity index (χ2v) is 7.34. The molecule has 0 aromatic heterocycles. The minimum atomic E-state index is 0.340.